The van der Waals surface area contributed by atoms with Gasteiger partial charge in [0.15, 0.2) is 0 Å². The van der Waals surface area contributed by atoms with E-state index in [2.05, 4.69) is 0 Å². The quantitative estimate of drug-likeness (QED) is 0.248. The van der Waals surface area contributed by atoms with Crippen molar-refractivity contribution in [3.8, 4) is 11.5 Å². The van der Waals surface area contributed by atoms with E-state index in [0.29, 0.717) is 34.9 Å². The van der Waals surface area contributed by atoms with E-state index in [0.717, 1.165) is 11.1 Å². The van der Waals surface area contributed by atoms with Crippen molar-refractivity contribution in [3.63, 3.8) is 0 Å². The van der Waals surface area contributed by atoms with Crippen LogP contribution in [-0.4, -0.2) is 29.5 Å². The maximum Gasteiger partial charge on any atom is 0.300 e. The van der Waals surface area contributed by atoms with Crippen molar-refractivity contribution in [3.05, 3.63) is 94.6 Å². The highest BCUT2D eigenvalue weighted by molar-refractivity contribution is 6.51. The highest BCUT2D eigenvalue weighted by Crippen LogP contribution is 2.43. The van der Waals surface area contributed by atoms with E-state index in [1.807, 2.05) is 71.0 Å². The van der Waals surface area contributed by atoms with Crippen LogP contribution in [0.3, 0.4) is 0 Å². The van der Waals surface area contributed by atoms with Crippen LogP contribution in [0.5, 0.6) is 11.5 Å². The van der Waals surface area contributed by atoms with Crippen LogP contribution in [0.25, 0.3) is 5.76 Å². The van der Waals surface area contributed by atoms with Gasteiger partial charge in [0, 0.05) is 17.3 Å². The summed E-state index contributed by atoms with van der Waals surface area (Å²) in [5, 5.41) is 11.4. The Morgan fingerprint density at radius 1 is 0.944 bits per heavy atom. The van der Waals surface area contributed by atoms with E-state index in [9.17, 15) is 14.7 Å². The van der Waals surface area contributed by atoms with Gasteiger partial charge in [-0.15, -0.1) is 0 Å². The summed E-state index contributed by atoms with van der Waals surface area (Å²) in [5.74, 6) is -0.467. The number of hydrogen-bond donors (Lipinski definition) is 1. The van der Waals surface area contributed by atoms with E-state index < -0.39 is 17.7 Å². The Bertz CT molecular complexity index is 1340. The zero-order valence-electron chi connectivity index (χ0n) is 21.2. The number of nitrogens with zero attached hydrogens (tertiary/aromatic N) is 1. The number of hydrogen-bond acceptors (Lipinski definition) is 5. The molecule has 3 aromatic carbocycles. The van der Waals surface area contributed by atoms with E-state index >= 15 is 0 Å². The van der Waals surface area contributed by atoms with Crippen LogP contribution in [0.15, 0.2) is 72.3 Å². The number of anilines is 1. The average Bonchev–Trinajstić information content (AvgIpc) is 3.11. The topological polar surface area (TPSA) is 76.1 Å². The molecule has 1 atom stereocenters. The van der Waals surface area contributed by atoms with Gasteiger partial charge in [-0.3, -0.25) is 14.5 Å². The molecule has 1 aliphatic rings. The summed E-state index contributed by atoms with van der Waals surface area (Å²) in [6.45, 7) is 10.1. The van der Waals surface area contributed by atoms with Crippen molar-refractivity contribution in [1.29, 1.82) is 0 Å². The number of carbonyl (C=O) groups excluding carboxylic acids is 2. The Hall–Kier alpha value is -4.06. The first-order valence-electron chi connectivity index (χ1n) is 12.1. The summed E-state index contributed by atoms with van der Waals surface area (Å²) in [4.78, 5) is 28.3. The molecule has 0 saturated carbocycles. The van der Waals surface area contributed by atoms with Crippen LogP contribution < -0.4 is 14.4 Å². The maximum absolute atomic E-state index is 13.4. The molecule has 186 valence electrons. The lowest BCUT2D eigenvalue weighted by atomic mass is 9.94. The summed E-state index contributed by atoms with van der Waals surface area (Å²) in [7, 11) is 0. The number of Topliss-reactive ketones (excluding diaryl/α,β-unsaturated/α-hetero) is 1. The Morgan fingerprint density at radius 2 is 1.67 bits per heavy atom. The van der Waals surface area contributed by atoms with Gasteiger partial charge >= 0.3 is 0 Å². The van der Waals surface area contributed by atoms with Gasteiger partial charge in [0.25, 0.3) is 11.7 Å². The second-order valence-corrected chi connectivity index (χ2v) is 9.14. The summed E-state index contributed by atoms with van der Waals surface area (Å²) in [6.07, 6.45) is -0.0509. The standard InChI is InChI=1S/C30H31NO5/c1-6-35-24-11-8-10-23(17-24)31-27(21-9-7-12-25(16-21)36-18(2)3)26(29(33)30(31)34)28(32)22-14-13-19(4)20(5)15-22/h7-18,27,32H,6H2,1-5H3/b28-26+. The molecule has 1 N–H and O–H groups in total. The zero-order valence-corrected chi connectivity index (χ0v) is 21.2. The molecule has 1 heterocycles. The van der Waals surface area contributed by atoms with E-state index in [1.165, 1.54) is 4.90 Å². The summed E-state index contributed by atoms with van der Waals surface area (Å²) >= 11 is 0. The lowest BCUT2D eigenvalue weighted by Gasteiger charge is -2.26. The third-order valence-electron chi connectivity index (χ3n) is 6.18. The van der Waals surface area contributed by atoms with E-state index in [4.69, 9.17) is 9.47 Å². The van der Waals surface area contributed by atoms with Crippen molar-refractivity contribution in [2.75, 3.05) is 11.5 Å². The Kier molecular flexibility index (Phi) is 7.15. The molecule has 0 aromatic heterocycles. The molecule has 6 nitrogen and oxygen atoms in total. The van der Waals surface area contributed by atoms with Crippen LogP contribution in [0, 0.1) is 13.8 Å². The minimum atomic E-state index is -0.848. The van der Waals surface area contributed by atoms with Crippen LogP contribution >= 0.6 is 0 Å². The fourth-order valence-electron chi connectivity index (χ4n) is 4.38. The first-order valence-corrected chi connectivity index (χ1v) is 12.1. The van der Waals surface area contributed by atoms with Gasteiger partial charge in [-0.1, -0.05) is 30.3 Å². The smallest absolute Gasteiger partial charge is 0.300 e. The second kappa shape index (κ2) is 10.3. The van der Waals surface area contributed by atoms with E-state index in [1.54, 1.807) is 30.3 Å². The fourth-order valence-corrected chi connectivity index (χ4v) is 4.38. The first kappa shape index (κ1) is 25.0. The lowest BCUT2D eigenvalue weighted by Crippen LogP contribution is -2.29. The molecular weight excluding hydrogens is 454 g/mol. The molecule has 0 spiro atoms. The van der Waals surface area contributed by atoms with Gasteiger partial charge in [-0.25, -0.2) is 0 Å². The predicted octanol–water partition coefficient (Wildman–Crippen LogP) is 6.12. The third kappa shape index (κ3) is 4.85. The van der Waals surface area contributed by atoms with Gasteiger partial charge in [0.1, 0.15) is 17.3 Å². The molecule has 1 saturated heterocycles. The number of carbonyl (C=O) groups is 2. The molecule has 1 aliphatic heterocycles. The molecule has 4 rings (SSSR count). The summed E-state index contributed by atoms with van der Waals surface area (Å²) in [6, 6.07) is 19.0. The number of aliphatic hydroxyl groups is 1. The Labute approximate surface area is 211 Å². The van der Waals surface area contributed by atoms with Gasteiger partial charge in [-0.05, 0) is 81.6 Å². The van der Waals surface area contributed by atoms with Crippen molar-refractivity contribution < 1.29 is 24.2 Å². The minimum Gasteiger partial charge on any atom is -0.507 e. The number of aliphatic hydroxyl groups excluding tert-OH is 1. The SMILES string of the molecule is CCOc1cccc(N2C(=O)C(=O)/C(=C(/O)c3ccc(C)c(C)c3)C2c2cccc(OC(C)C)c2)c1. The van der Waals surface area contributed by atoms with Crippen LogP contribution in [-0.2, 0) is 9.59 Å². The van der Waals surface area contributed by atoms with Gasteiger partial charge in [0.2, 0.25) is 0 Å². The molecule has 0 bridgehead atoms. The minimum absolute atomic E-state index is 0.0340. The molecular formula is C30H31NO5. The number of benzene rings is 3. The molecule has 3 aromatic rings. The molecule has 36 heavy (non-hydrogen) atoms. The lowest BCUT2D eigenvalue weighted by molar-refractivity contribution is -0.132. The van der Waals surface area contributed by atoms with Crippen molar-refractivity contribution in [2.45, 2.75) is 46.8 Å². The summed E-state index contributed by atoms with van der Waals surface area (Å²) in [5.41, 5.74) is 3.71. The number of ketones is 1. The normalized spacial score (nSPS) is 17.1. The van der Waals surface area contributed by atoms with Crippen LogP contribution in [0.2, 0.25) is 0 Å². The second-order valence-electron chi connectivity index (χ2n) is 9.14. The van der Waals surface area contributed by atoms with Crippen molar-refractivity contribution in [1.82, 2.24) is 0 Å². The largest absolute Gasteiger partial charge is 0.507 e. The Balaban J connectivity index is 1.93. The number of rotatable bonds is 7. The van der Waals surface area contributed by atoms with Gasteiger partial charge in [-0.2, -0.15) is 0 Å². The molecule has 1 unspecified atom stereocenters. The fraction of sp³-hybridized carbons (Fsp3) is 0.267. The number of aryl methyl sites for hydroxylation is 2. The molecule has 0 aliphatic carbocycles. The molecule has 1 fully saturated rings. The summed E-state index contributed by atoms with van der Waals surface area (Å²) < 4.78 is 11.5. The monoisotopic (exact) mass is 485 g/mol. The van der Waals surface area contributed by atoms with Crippen molar-refractivity contribution >= 4 is 23.1 Å². The first-order chi connectivity index (χ1) is 17.2. The van der Waals surface area contributed by atoms with Crippen LogP contribution in [0.1, 0.15) is 49.1 Å². The number of amides is 1. The number of ether oxygens (including phenoxy) is 2. The third-order valence-corrected chi connectivity index (χ3v) is 6.18. The van der Waals surface area contributed by atoms with Crippen molar-refractivity contribution in [2.24, 2.45) is 0 Å². The van der Waals surface area contributed by atoms with E-state index in [-0.39, 0.29) is 17.4 Å². The molecule has 0 radical (unpaired) electrons. The molecule has 6 heteroatoms. The highest BCUT2D eigenvalue weighted by Gasteiger charge is 2.47. The van der Waals surface area contributed by atoms with Crippen LogP contribution in [0.4, 0.5) is 5.69 Å². The van der Waals surface area contributed by atoms with Gasteiger partial charge in [0.05, 0.1) is 24.3 Å². The average molecular weight is 486 g/mol. The highest BCUT2D eigenvalue weighted by atomic mass is 16.5. The zero-order chi connectivity index (χ0) is 26.0. The Morgan fingerprint density at radius 3 is 2.36 bits per heavy atom. The predicted molar refractivity (Wildman–Crippen MR) is 141 cm³/mol. The van der Waals surface area contributed by atoms with Gasteiger partial charge < -0.3 is 14.6 Å². The maximum atomic E-state index is 13.4. The molecule has 1 amide bonds.